The van der Waals surface area contributed by atoms with Crippen LogP contribution in [0.5, 0.6) is 11.5 Å². The van der Waals surface area contributed by atoms with Crippen LogP contribution in [0.1, 0.15) is 21.5 Å². The molecule has 28 heavy (non-hydrogen) atoms. The Balaban J connectivity index is 1.90. The lowest BCUT2D eigenvalue weighted by Crippen LogP contribution is -2.27. The molecule has 0 saturated heterocycles. The Hall–Kier alpha value is -3.23. The molecular weight excluding hydrogens is 379 g/mol. The minimum absolute atomic E-state index is 0.0885. The van der Waals surface area contributed by atoms with Crippen molar-refractivity contribution in [3.63, 3.8) is 0 Å². The summed E-state index contributed by atoms with van der Waals surface area (Å²) >= 11 is 0. The predicted octanol–water partition coefficient (Wildman–Crippen LogP) is 3.19. The fourth-order valence-corrected chi connectivity index (χ4v) is 2.52. The Labute approximate surface area is 158 Å². The Morgan fingerprint density at radius 1 is 1.14 bits per heavy atom. The second kappa shape index (κ2) is 9.12. The van der Waals surface area contributed by atoms with Gasteiger partial charge in [-0.15, -0.1) is 13.2 Å². The number of hydrogen-bond donors (Lipinski definition) is 2. The van der Waals surface area contributed by atoms with E-state index in [1.165, 1.54) is 31.4 Å². The van der Waals surface area contributed by atoms with Gasteiger partial charge in [0.15, 0.2) is 0 Å². The monoisotopic (exact) mass is 397 g/mol. The molecule has 9 heteroatoms. The lowest BCUT2D eigenvalue weighted by atomic mass is 10.1. The summed E-state index contributed by atoms with van der Waals surface area (Å²) in [5.41, 5.74) is 1.18. The molecule has 2 rings (SSSR count). The van der Waals surface area contributed by atoms with Gasteiger partial charge in [-0.25, -0.2) is 4.79 Å². The molecule has 0 atom stereocenters. The summed E-state index contributed by atoms with van der Waals surface area (Å²) in [6.07, 6.45) is -4.51. The van der Waals surface area contributed by atoms with Gasteiger partial charge in [-0.1, -0.05) is 18.2 Å². The summed E-state index contributed by atoms with van der Waals surface area (Å²) in [7, 11) is 1.42. The van der Waals surface area contributed by atoms with Gasteiger partial charge in [0.1, 0.15) is 11.5 Å². The standard InChI is InChI=1S/C19H18F3NO5/c1-27-16-11-14(18(25)26)6-5-13(16)7-8-23-17(24)10-12-3-2-4-15(9-12)28-19(20,21)22/h2-6,9,11H,7-8,10H2,1H3,(H,23,24)(H,25,26). The molecule has 0 heterocycles. The highest BCUT2D eigenvalue weighted by Gasteiger charge is 2.31. The van der Waals surface area contributed by atoms with Crippen LogP contribution in [0.2, 0.25) is 0 Å². The molecule has 2 N–H and O–H groups in total. The number of aromatic carboxylic acids is 1. The van der Waals surface area contributed by atoms with Crippen molar-refractivity contribution in [1.82, 2.24) is 5.32 Å². The van der Waals surface area contributed by atoms with Crippen LogP contribution in [0, 0.1) is 0 Å². The topological polar surface area (TPSA) is 84.9 Å². The smallest absolute Gasteiger partial charge is 0.496 e. The van der Waals surface area contributed by atoms with E-state index in [4.69, 9.17) is 9.84 Å². The number of benzene rings is 2. The highest BCUT2D eigenvalue weighted by atomic mass is 19.4. The van der Waals surface area contributed by atoms with E-state index in [0.29, 0.717) is 23.3 Å². The number of methoxy groups -OCH3 is 1. The number of alkyl halides is 3. The van der Waals surface area contributed by atoms with Gasteiger partial charge in [0.25, 0.3) is 0 Å². The third-order valence-electron chi connectivity index (χ3n) is 3.75. The van der Waals surface area contributed by atoms with E-state index >= 15 is 0 Å². The van der Waals surface area contributed by atoms with Crippen LogP contribution in [0.4, 0.5) is 13.2 Å². The van der Waals surface area contributed by atoms with Crippen LogP contribution in [-0.4, -0.2) is 37.0 Å². The van der Waals surface area contributed by atoms with E-state index < -0.39 is 12.3 Å². The Kier molecular flexibility index (Phi) is 6.86. The van der Waals surface area contributed by atoms with Gasteiger partial charge in [-0.3, -0.25) is 4.79 Å². The molecule has 0 bridgehead atoms. The second-order valence-electron chi connectivity index (χ2n) is 5.80. The van der Waals surface area contributed by atoms with Gasteiger partial charge in [-0.2, -0.15) is 0 Å². The van der Waals surface area contributed by atoms with Crippen LogP contribution in [0.25, 0.3) is 0 Å². The fraction of sp³-hybridized carbons (Fsp3) is 0.263. The van der Waals surface area contributed by atoms with Crippen LogP contribution in [0.15, 0.2) is 42.5 Å². The van der Waals surface area contributed by atoms with Gasteiger partial charge in [0.05, 0.1) is 19.1 Å². The highest BCUT2D eigenvalue weighted by molar-refractivity contribution is 5.88. The zero-order chi connectivity index (χ0) is 20.7. The Morgan fingerprint density at radius 2 is 1.89 bits per heavy atom. The van der Waals surface area contributed by atoms with Crippen molar-refractivity contribution >= 4 is 11.9 Å². The van der Waals surface area contributed by atoms with Crippen molar-refractivity contribution in [2.75, 3.05) is 13.7 Å². The normalized spacial score (nSPS) is 11.0. The third kappa shape index (κ3) is 6.49. The maximum absolute atomic E-state index is 12.3. The molecule has 6 nitrogen and oxygen atoms in total. The molecule has 0 aliphatic heterocycles. The zero-order valence-electron chi connectivity index (χ0n) is 14.9. The number of amides is 1. The first-order valence-electron chi connectivity index (χ1n) is 8.19. The van der Waals surface area contributed by atoms with Gasteiger partial charge in [0, 0.05) is 6.54 Å². The van der Waals surface area contributed by atoms with E-state index in [2.05, 4.69) is 10.1 Å². The van der Waals surface area contributed by atoms with Crippen molar-refractivity contribution in [2.24, 2.45) is 0 Å². The zero-order valence-corrected chi connectivity index (χ0v) is 14.9. The number of carboxylic acids is 1. The number of carbonyl (C=O) groups excluding carboxylic acids is 1. The molecule has 0 radical (unpaired) electrons. The molecule has 0 spiro atoms. The minimum atomic E-state index is -4.80. The molecule has 0 saturated carbocycles. The third-order valence-corrected chi connectivity index (χ3v) is 3.75. The Bertz CT molecular complexity index is 852. The molecule has 0 unspecified atom stereocenters. The summed E-state index contributed by atoms with van der Waals surface area (Å²) < 4.78 is 45.7. The second-order valence-corrected chi connectivity index (χ2v) is 5.80. The SMILES string of the molecule is COc1cc(C(=O)O)ccc1CCNC(=O)Cc1cccc(OC(F)(F)F)c1. The van der Waals surface area contributed by atoms with Crippen molar-refractivity contribution in [1.29, 1.82) is 0 Å². The number of carboxylic acid groups (broad SMARTS) is 1. The van der Waals surface area contributed by atoms with Gasteiger partial charge >= 0.3 is 12.3 Å². The lowest BCUT2D eigenvalue weighted by Gasteiger charge is -2.11. The molecule has 2 aromatic carbocycles. The molecule has 1 amide bonds. The quantitative estimate of drug-likeness (QED) is 0.715. The van der Waals surface area contributed by atoms with Crippen LogP contribution in [-0.2, 0) is 17.6 Å². The van der Waals surface area contributed by atoms with E-state index in [-0.39, 0.29) is 30.2 Å². The summed E-state index contributed by atoms with van der Waals surface area (Å²) in [6.45, 7) is 0.250. The number of hydrogen-bond acceptors (Lipinski definition) is 4. The maximum Gasteiger partial charge on any atom is 0.573 e. The van der Waals surface area contributed by atoms with Crippen molar-refractivity contribution in [3.8, 4) is 11.5 Å². The average molecular weight is 397 g/mol. The molecule has 0 aromatic heterocycles. The fourth-order valence-electron chi connectivity index (χ4n) is 2.52. The first-order chi connectivity index (χ1) is 13.2. The molecular formula is C19H18F3NO5. The average Bonchev–Trinajstić information content (AvgIpc) is 2.60. The summed E-state index contributed by atoms with van der Waals surface area (Å²) in [6, 6.07) is 9.64. The van der Waals surface area contributed by atoms with Crippen LogP contribution < -0.4 is 14.8 Å². The van der Waals surface area contributed by atoms with E-state index in [9.17, 15) is 22.8 Å². The number of nitrogens with one attached hydrogen (secondary N) is 1. The molecule has 2 aromatic rings. The van der Waals surface area contributed by atoms with Crippen molar-refractivity contribution < 1.29 is 37.3 Å². The van der Waals surface area contributed by atoms with E-state index in [0.717, 1.165) is 12.1 Å². The number of carbonyl (C=O) groups is 2. The minimum Gasteiger partial charge on any atom is -0.496 e. The van der Waals surface area contributed by atoms with Crippen molar-refractivity contribution in [3.05, 3.63) is 59.2 Å². The number of rotatable bonds is 8. The molecule has 150 valence electrons. The van der Waals surface area contributed by atoms with Crippen molar-refractivity contribution in [2.45, 2.75) is 19.2 Å². The van der Waals surface area contributed by atoms with Crippen LogP contribution in [0.3, 0.4) is 0 Å². The van der Waals surface area contributed by atoms with Gasteiger partial charge in [0.2, 0.25) is 5.91 Å². The van der Waals surface area contributed by atoms with E-state index in [1.807, 2.05) is 0 Å². The molecule has 0 fully saturated rings. The van der Waals surface area contributed by atoms with E-state index in [1.54, 1.807) is 6.07 Å². The van der Waals surface area contributed by atoms with Crippen LogP contribution >= 0.6 is 0 Å². The summed E-state index contributed by atoms with van der Waals surface area (Å²) in [5.74, 6) is -1.44. The predicted molar refractivity (Wildman–Crippen MR) is 93.5 cm³/mol. The number of ether oxygens (including phenoxy) is 2. The first-order valence-corrected chi connectivity index (χ1v) is 8.19. The maximum atomic E-state index is 12.3. The summed E-state index contributed by atoms with van der Waals surface area (Å²) in [5, 5.41) is 11.6. The number of halogens is 3. The largest absolute Gasteiger partial charge is 0.573 e. The molecule has 0 aliphatic rings. The van der Waals surface area contributed by atoms with Gasteiger partial charge < -0.3 is 19.9 Å². The van der Waals surface area contributed by atoms with Gasteiger partial charge in [-0.05, 0) is 41.8 Å². The molecule has 0 aliphatic carbocycles. The lowest BCUT2D eigenvalue weighted by molar-refractivity contribution is -0.274. The first kappa shape index (κ1) is 21.1. The summed E-state index contributed by atoms with van der Waals surface area (Å²) in [4.78, 5) is 23.0. The Morgan fingerprint density at radius 3 is 2.54 bits per heavy atom. The highest BCUT2D eigenvalue weighted by Crippen LogP contribution is 2.23.